The second-order valence-corrected chi connectivity index (χ2v) is 7.07. The minimum atomic E-state index is 0.391. The molecule has 1 N–H and O–H groups in total. The first kappa shape index (κ1) is 13.9. The molecule has 0 bridgehead atoms. The molecule has 1 atom stereocenters. The number of rotatable bonds is 4. The Morgan fingerprint density at radius 3 is 2.61 bits per heavy atom. The summed E-state index contributed by atoms with van der Waals surface area (Å²) < 4.78 is 1.27. The van der Waals surface area contributed by atoms with Crippen molar-refractivity contribution >= 4 is 39.6 Å². The van der Waals surface area contributed by atoms with Crippen molar-refractivity contribution in [1.82, 2.24) is 0 Å². The van der Waals surface area contributed by atoms with Crippen LogP contribution in [0.15, 0.2) is 35.7 Å². The molecule has 1 aromatic heterocycles. The smallest absolute Gasteiger partial charge is 0.0629 e. The van der Waals surface area contributed by atoms with Crippen LogP contribution in [0.4, 0.5) is 5.69 Å². The average molecular weight is 371 g/mol. The van der Waals surface area contributed by atoms with Gasteiger partial charge in [-0.05, 0) is 64.6 Å². The lowest BCUT2D eigenvalue weighted by Gasteiger charge is -2.23. The second kappa shape index (κ2) is 6.06. The number of aryl methyl sites for hydroxylation is 1. The van der Waals surface area contributed by atoms with Crippen LogP contribution in [0.5, 0.6) is 0 Å². The molecule has 0 aliphatic heterocycles. The molecule has 0 spiro atoms. The zero-order chi connectivity index (χ0) is 13.1. The van der Waals surface area contributed by atoms with Gasteiger partial charge in [0.2, 0.25) is 0 Å². The van der Waals surface area contributed by atoms with Gasteiger partial charge in [0.05, 0.1) is 6.04 Å². The summed E-state index contributed by atoms with van der Waals surface area (Å²) in [5.41, 5.74) is 2.55. The van der Waals surface area contributed by atoms with Crippen molar-refractivity contribution in [2.75, 3.05) is 5.32 Å². The third kappa shape index (κ3) is 3.26. The van der Waals surface area contributed by atoms with Crippen LogP contribution < -0.4 is 5.32 Å². The van der Waals surface area contributed by atoms with Gasteiger partial charge in [-0.3, -0.25) is 0 Å². The minimum absolute atomic E-state index is 0.391. The second-order valence-electron chi connectivity index (χ2n) is 4.84. The van der Waals surface area contributed by atoms with E-state index in [1.54, 1.807) is 0 Å². The average Bonchev–Trinajstić information content (AvgIpc) is 2.83. The van der Waals surface area contributed by atoms with E-state index in [4.69, 9.17) is 0 Å². The molecule has 0 saturated carbocycles. The van der Waals surface area contributed by atoms with Crippen molar-refractivity contribution in [3.8, 4) is 0 Å². The molecule has 3 heteroatoms. The molecule has 2 rings (SSSR count). The summed E-state index contributed by atoms with van der Waals surface area (Å²) in [7, 11) is 0. The molecule has 96 valence electrons. The maximum Gasteiger partial charge on any atom is 0.0629 e. The van der Waals surface area contributed by atoms with Gasteiger partial charge in [-0.1, -0.05) is 26.0 Å². The predicted octanol–water partition coefficient (Wildman–Crippen LogP) is 5.47. The molecule has 2 aromatic rings. The molecule has 1 unspecified atom stereocenters. The molecule has 18 heavy (non-hydrogen) atoms. The Morgan fingerprint density at radius 2 is 2.00 bits per heavy atom. The summed E-state index contributed by atoms with van der Waals surface area (Å²) in [5, 5.41) is 5.84. The van der Waals surface area contributed by atoms with Gasteiger partial charge in [0.25, 0.3) is 0 Å². The van der Waals surface area contributed by atoms with E-state index in [0.29, 0.717) is 12.0 Å². The molecule has 0 fully saturated rings. The molecule has 1 nitrogen and oxygen atoms in total. The van der Waals surface area contributed by atoms with Gasteiger partial charge < -0.3 is 5.32 Å². The van der Waals surface area contributed by atoms with E-state index in [1.807, 2.05) is 11.3 Å². The Hall–Kier alpha value is -0.550. The van der Waals surface area contributed by atoms with Gasteiger partial charge in [0.15, 0.2) is 0 Å². The molecule has 0 amide bonds. The maximum absolute atomic E-state index is 3.70. The summed E-state index contributed by atoms with van der Waals surface area (Å²) in [6, 6.07) is 11.3. The van der Waals surface area contributed by atoms with Crippen LogP contribution in [0, 0.1) is 16.4 Å². The maximum atomic E-state index is 3.70. The largest absolute Gasteiger partial charge is 0.377 e. The van der Waals surface area contributed by atoms with Gasteiger partial charge in [-0.15, -0.1) is 11.3 Å². The van der Waals surface area contributed by atoms with Crippen molar-refractivity contribution in [3.63, 3.8) is 0 Å². The van der Waals surface area contributed by atoms with Gasteiger partial charge in [0, 0.05) is 14.1 Å². The normalized spacial score (nSPS) is 12.7. The van der Waals surface area contributed by atoms with Crippen LogP contribution in [0.1, 0.15) is 30.3 Å². The Morgan fingerprint density at radius 1 is 1.22 bits per heavy atom. The van der Waals surface area contributed by atoms with E-state index in [9.17, 15) is 0 Å². The number of benzene rings is 1. The van der Waals surface area contributed by atoms with Crippen LogP contribution in [-0.4, -0.2) is 0 Å². The zero-order valence-electron chi connectivity index (χ0n) is 10.9. The quantitative estimate of drug-likeness (QED) is 0.703. The molecule has 0 saturated heterocycles. The molecular weight excluding hydrogens is 353 g/mol. The van der Waals surface area contributed by atoms with E-state index in [1.165, 1.54) is 19.7 Å². The Kier molecular flexibility index (Phi) is 4.67. The van der Waals surface area contributed by atoms with Crippen molar-refractivity contribution in [2.45, 2.75) is 26.8 Å². The first-order valence-electron chi connectivity index (χ1n) is 6.14. The standard InChI is InChI=1S/C15H18INS/c1-10(2)15(14-5-4-8-18-14)17-13-9-12(16)7-6-11(13)3/h4-10,15,17H,1-3H3. The number of nitrogens with one attached hydrogen (secondary N) is 1. The first-order valence-corrected chi connectivity index (χ1v) is 8.10. The van der Waals surface area contributed by atoms with Crippen LogP contribution >= 0.6 is 33.9 Å². The fraction of sp³-hybridized carbons (Fsp3) is 0.333. The van der Waals surface area contributed by atoms with E-state index in [2.05, 4.69) is 84.4 Å². The van der Waals surface area contributed by atoms with E-state index in [-0.39, 0.29) is 0 Å². The van der Waals surface area contributed by atoms with Crippen LogP contribution in [-0.2, 0) is 0 Å². The van der Waals surface area contributed by atoms with E-state index < -0.39 is 0 Å². The number of hydrogen-bond acceptors (Lipinski definition) is 2. The highest BCUT2D eigenvalue weighted by atomic mass is 127. The van der Waals surface area contributed by atoms with Gasteiger partial charge in [0.1, 0.15) is 0 Å². The van der Waals surface area contributed by atoms with Gasteiger partial charge in [-0.2, -0.15) is 0 Å². The third-order valence-corrected chi connectivity index (χ3v) is 4.65. The van der Waals surface area contributed by atoms with E-state index >= 15 is 0 Å². The highest BCUT2D eigenvalue weighted by Crippen LogP contribution is 2.31. The monoisotopic (exact) mass is 371 g/mol. The lowest BCUT2D eigenvalue weighted by atomic mass is 10.0. The lowest BCUT2D eigenvalue weighted by molar-refractivity contribution is 0.553. The minimum Gasteiger partial charge on any atom is -0.377 e. The van der Waals surface area contributed by atoms with Gasteiger partial charge in [-0.25, -0.2) is 0 Å². The molecule has 1 aromatic carbocycles. The van der Waals surface area contributed by atoms with Crippen molar-refractivity contribution in [1.29, 1.82) is 0 Å². The number of halogens is 1. The highest BCUT2D eigenvalue weighted by Gasteiger charge is 2.17. The predicted molar refractivity (Wildman–Crippen MR) is 89.4 cm³/mol. The molecule has 1 heterocycles. The summed E-state index contributed by atoms with van der Waals surface area (Å²) in [5.74, 6) is 0.570. The first-order chi connectivity index (χ1) is 8.58. The van der Waals surface area contributed by atoms with Gasteiger partial charge >= 0.3 is 0 Å². The zero-order valence-corrected chi connectivity index (χ0v) is 13.9. The molecule has 0 aliphatic rings. The third-order valence-electron chi connectivity index (χ3n) is 3.03. The Balaban J connectivity index is 2.27. The molecular formula is C15H18INS. The fourth-order valence-corrected chi connectivity index (χ4v) is 3.39. The van der Waals surface area contributed by atoms with Crippen LogP contribution in [0.3, 0.4) is 0 Å². The Bertz CT molecular complexity index is 505. The Labute approximate surface area is 127 Å². The van der Waals surface area contributed by atoms with Crippen LogP contribution in [0.2, 0.25) is 0 Å². The highest BCUT2D eigenvalue weighted by molar-refractivity contribution is 14.1. The molecule has 0 aliphatic carbocycles. The summed E-state index contributed by atoms with van der Waals surface area (Å²) in [6.45, 7) is 6.69. The fourth-order valence-electron chi connectivity index (χ4n) is 1.95. The topological polar surface area (TPSA) is 12.0 Å². The lowest BCUT2D eigenvalue weighted by Crippen LogP contribution is -2.16. The van der Waals surface area contributed by atoms with E-state index in [0.717, 1.165) is 0 Å². The number of thiophene rings is 1. The number of hydrogen-bond donors (Lipinski definition) is 1. The molecule has 0 radical (unpaired) electrons. The summed E-state index contributed by atoms with van der Waals surface area (Å²) in [6.07, 6.45) is 0. The van der Waals surface area contributed by atoms with Crippen molar-refractivity contribution in [3.05, 3.63) is 49.7 Å². The number of anilines is 1. The summed E-state index contributed by atoms with van der Waals surface area (Å²) in [4.78, 5) is 1.41. The van der Waals surface area contributed by atoms with Crippen molar-refractivity contribution in [2.24, 2.45) is 5.92 Å². The van der Waals surface area contributed by atoms with Crippen molar-refractivity contribution < 1.29 is 0 Å². The van der Waals surface area contributed by atoms with Crippen LogP contribution in [0.25, 0.3) is 0 Å². The SMILES string of the molecule is Cc1ccc(I)cc1NC(c1cccs1)C(C)C. The summed E-state index contributed by atoms with van der Waals surface area (Å²) >= 11 is 4.19.